The molecule has 0 spiro atoms. The van der Waals surface area contributed by atoms with Gasteiger partial charge in [0.25, 0.3) is 0 Å². The van der Waals surface area contributed by atoms with Crippen LogP contribution in [0.1, 0.15) is 18.5 Å². The second-order valence-electron chi connectivity index (χ2n) is 4.12. The molecule has 2 rings (SSSR count). The topological polar surface area (TPSA) is 29.9 Å². The largest absolute Gasteiger partial charge is 0.308 e. The average Bonchev–Trinajstić information content (AvgIpc) is 2.85. The van der Waals surface area contributed by atoms with Gasteiger partial charge in [-0.25, -0.2) is 0 Å². The number of benzene rings is 1. The molecule has 5 heteroatoms. The molecule has 96 valence electrons. The van der Waals surface area contributed by atoms with E-state index >= 15 is 0 Å². The summed E-state index contributed by atoms with van der Waals surface area (Å²) in [5.74, 6) is 0. The first-order valence-corrected chi connectivity index (χ1v) is 6.58. The van der Waals surface area contributed by atoms with E-state index in [0.29, 0.717) is 10.0 Å². The van der Waals surface area contributed by atoms with Crippen LogP contribution >= 0.6 is 23.2 Å². The van der Waals surface area contributed by atoms with Crippen molar-refractivity contribution in [2.75, 3.05) is 6.54 Å². The van der Waals surface area contributed by atoms with E-state index in [9.17, 15) is 0 Å². The molecule has 0 radical (unpaired) electrons. The molecule has 0 aliphatic carbocycles. The lowest BCUT2D eigenvalue weighted by molar-refractivity contribution is 0.507. The molecule has 1 heterocycles. The highest BCUT2D eigenvalue weighted by Gasteiger charge is 2.06. The predicted molar refractivity (Wildman–Crippen MR) is 75.1 cm³/mol. The average molecular weight is 284 g/mol. The lowest BCUT2D eigenvalue weighted by atomic mass is 10.1. The molecule has 0 amide bonds. The summed E-state index contributed by atoms with van der Waals surface area (Å²) in [6.07, 6.45) is 3.73. The fourth-order valence-corrected chi connectivity index (χ4v) is 2.03. The van der Waals surface area contributed by atoms with Crippen molar-refractivity contribution in [2.24, 2.45) is 0 Å². The highest BCUT2D eigenvalue weighted by molar-refractivity contribution is 6.42. The third kappa shape index (κ3) is 3.48. The van der Waals surface area contributed by atoms with Crippen molar-refractivity contribution in [3.05, 3.63) is 52.3 Å². The number of nitrogens with one attached hydrogen (secondary N) is 1. The Morgan fingerprint density at radius 2 is 2.17 bits per heavy atom. The Balaban J connectivity index is 1.87. The Labute approximate surface area is 117 Å². The maximum Gasteiger partial charge on any atom is 0.0595 e. The van der Waals surface area contributed by atoms with Gasteiger partial charge in [-0.05, 0) is 30.7 Å². The Morgan fingerprint density at radius 3 is 2.83 bits per heavy atom. The normalized spacial score (nSPS) is 12.6. The molecule has 0 aliphatic rings. The first-order valence-electron chi connectivity index (χ1n) is 5.82. The van der Waals surface area contributed by atoms with Crippen molar-refractivity contribution in [3.63, 3.8) is 0 Å². The van der Waals surface area contributed by atoms with Gasteiger partial charge < -0.3 is 5.32 Å². The van der Waals surface area contributed by atoms with Gasteiger partial charge in [0.15, 0.2) is 0 Å². The molecule has 0 saturated heterocycles. The summed E-state index contributed by atoms with van der Waals surface area (Å²) in [6, 6.07) is 7.86. The van der Waals surface area contributed by atoms with Gasteiger partial charge in [0, 0.05) is 25.0 Å². The molecule has 1 aromatic carbocycles. The second kappa shape index (κ2) is 6.23. The zero-order valence-electron chi connectivity index (χ0n) is 10.1. The van der Waals surface area contributed by atoms with E-state index in [1.54, 1.807) is 6.20 Å². The molecule has 0 fully saturated rings. The van der Waals surface area contributed by atoms with Crippen LogP contribution in [0.15, 0.2) is 36.7 Å². The summed E-state index contributed by atoms with van der Waals surface area (Å²) in [4.78, 5) is 0. The summed E-state index contributed by atoms with van der Waals surface area (Å²) >= 11 is 11.9. The molecule has 0 saturated carbocycles. The highest BCUT2D eigenvalue weighted by atomic mass is 35.5. The van der Waals surface area contributed by atoms with Crippen LogP contribution in [0.25, 0.3) is 0 Å². The standard InChI is InChI=1S/C13H15Cl2N3/c1-10(11-3-4-12(14)13(15)9-11)16-6-8-18-7-2-5-17-18/h2-5,7,9-10,16H,6,8H2,1H3. The highest BCUT2D eigenvalue weighted by Crippen LogP contribution is 2.25. The third-order valence-electron chi connectivity index (χ3n) is 2.79. The van der Waals surface area contributed by atoms with Gasteiger partial charge >= 0.3 is 0 Å². The number of hydrogen-bond acceptors (Lipinski definition) is 2. The van der Waals surface area contributed by atoms with E-state index in [1.165, 1.54) is 0 Å². The number of rotatable bonds is 5. The maximum absolute atomic E-state index is 6.00. The molecule has 18 heavy (non-hydrogen) atoms. The van der Waals surface area contributed by atoms with Crippen LogP contribution in [0, 0.1) is 0 Å². The van der Waals surface area contributed by atoms with Crippen molar-refractivity contribution in [2.45, 2.75) is 19.5 Å². The minimum absolute atomic E-state index is 0.232. The summed E-state index contributed by atoms with van der Waals surface area (Å²) in [6.45, 7) is 3.80. The molecule has 1 atom stereocenters. The number of hydrogen-bond donors (Lipinski definition) is 1. The van der Waals surface area contributed by atoms with E-state index in [-0.39, 0.29) is 6.04 Å². The second-order valence-corrected chi connectivity index (χ2v) is 4.93. The van der Waals surface area contributed by atoms with Gasteiger partial charge in [-0.15, -0.1) is 0 Å². The van der Waals surface area contributed by atoms with Crippen molar-refractivity contribution in [1.29, 1.82) is 0 Å². The molecule has 1 aromatic heterocycles. The van der Waals surface area contributed by atoms with Crippen molar-refractivity contribution in [3.8, 4) is 0 Å². The number of aromatic nitrogens is 2. The van der Waals surface area contributed by atoms with Crippen LogP contribution in [0.2, 0.25) is 10.0 Å². The van der Waals surface area contributed by atoms with E-state index in [4.69, 9.17) is 23.2 Å². The van der Waals surface area contributed by atoms with Crippen molar-refractivity contribution >= 4 is 23.2 Å². The fraction of sp³-hybridized carbons (Fsp3) is 0.308. The van der Waals surface area contributed by atoms with Gasteiger partial charge in [-0.3, -0.25) is 4.68 Å². The third-order valence-corrected chi connectivity index (χ3v) is 3.53. The first-order chi connectivity index (χ1) is 8.66. The summed E-state index contributed by atoms with van der Waals surface area (Å²) in [5.41, 5.74) is 1.13. The molecule has 1 unspecified atom stereocenters. The summed E-state index contributed by atoms with van der Waals surface area (Å²) < 4.78 is 1.90. The van der Waals surface area contributed by atoms with Crippen LogP contribution in [-0.2, 0) is 6.54 Å². The number of halogens is 2. The summed E-state index contributed by atoms with van der Waals surface area (Å²) in [7, 11) is 0. The molecule has 3 nitrogen and oxygen atoms in total. The zero-order valence-corrected chi connectivity index (χ0v) is 11.6. The Kier molecular flexibility index (Phi) is 4.64. The SMILES string of the molecule is CC(NCCn1cccn1)c1ccc(Cl)c(Cl)c1. The van der Waals surface area contributed by atoms with Crippen LogP contribution < -0.4 is 5.32 Å². The van der Waals surface area contributed by atoms with Crippen LogP contribution in [0.3, 0.4) is 0 Å². The van der Waals surface area contributed by atoms with Gasteiger partial charge in [-0.1, -0.05) is 29.3 Å². The lowest BCUT2D eigenvalue weighted by Gasteiger charge is -2.15. The van der Waals surface area contributed by atoms with Crippen LogP contribution in [0.4, 0.5) is 0 Å². The Morgan fingerprint density at radius 1 is 1.33 bits per heavy atom. The molecule has 1 N–H and O–H groups in total. The molecule has 0 aliphatic heterocycles. The van der Waals surface area contributed by atoms with E-state index in [2.05, 4.69) is 17.3 Å². The van der Waals surface area contributed by atoms with Gasteiger partial charge in [0.1, 0.15) is 0 Å². The Bertz CT molecular complexity index is 497. The van der Waals surface area contributed by atoms with Crippen LogP contribution in [-0.4, -0.2) is 16.3 Å². The minimum Gasteiger partial charge on any atom is -0.308 e. The van der Waals surface area contributed by atoms with E-state index < -0.39 is 0 Å². The molecular formula is C13H15Cl2N3. The molecule has 2 aromatic rings. The van der Waals surface area contributed by atoms with E-state index in [0.717, 1.165) is 18.7 Å². The quantitative estimate of drug-likeness (QED) is 0.910. The number of nitrogens with zero attached hydrogens (tertiary/aromatic N) is 2. The molecule has 0 bridgehead atoms. The maximum atomic E-state index is 6.00. The van der Waals surface area contributed by atoms with Crippen LogP contribution in [0.5, 0.6) is 0 Å². The lowest BCUT2D eigenvalue weighted by Crippen LogP contribution is -2.23. The van der Waals surface area contributed by atoms with Gasteiger partial charge in [-0.2, -0.15) is 5.10 Å². The van der Waals surface area contributed by atoms with E-state index in [1.807, 2.05) is 35.1 Å². The van der Waals surface area contributed by atoms with Crippen molar-refractivity contribution < 1.29 is 0 Å². The molecular weight excluding hydrogens is 269 g/mol. The smallest absolute Gasteiger partial charge is 0.0595 e. The monoisotopic (exact) mass is 283 g/mol. The predicted octanol–water partition coefficient (Wildman–Crippen LogP) is 3.54. The van der Waals surface area contributed by atoms with Crippen molar-refractivity contribution in [1.82, 2.24) is 15.1 Å². The van der Waals surface area contributed by atoms with Gasteiger partial charge in [0.2, 0.25) is 0 Å². The Hall–Kier alpha value is -1.03. The minimum atomic E-state index is 0.232. The summed E-state index contributed by atoms with van der Waals surface area (Å²) in [5, 5.41) is 8.75. The zero-order chi connectivity index (χ0) is 13.0. The first kappa shape index (κ1) is 13.4. The fourth-order valence-electron chi connectivity index (χ4n) is 1.73. The van der Waals surface area contributed by atoms with Gasteiger partial charge in [0.05, 0.1) is 16.6 Å².